The number of nitrogens with one attached hydrogen (secondary N) is 1. The number of halogens is 2. The van der Waals surface area contributed by atoms with E-state index in [0.717, 1.165) is 56.3 Å². The molecule has 1 aromatic carbocycles. The Hall–Kier alpha value is -2.09. The summed E-state index contributed by atoms with van der Waals surface area (Å²) in [5.41, 5.74) is 6.24. The molecule has 2 saturated heterocycles. The van der Waals surface area contributed by atoms with Crippen molar-refractivity contribution < 1.29 is 4.79 Å². The van der Waals surface area contributed by atoms with Crippen LogP contribution >= 0.6 is 23.2 Å². The van der Waals surface area contributed by atoms with Crippen molar-refractivity contribution in [1.29, 1.82) is 0 Å². The molecule has 7 nitrogen and oxygen atoms in total. The number of aromatic nitrogens is 2. The van der Waals surface area contributed by atoms with Gasteiger partial charge < -0.3 is 20.9 Å². The number of nitrogens with two attached hydrogens (primary N) is 1. The van der Waals surface area contributed by atoms with E-state index < -0.39 is 0 Å². The van der Waals surface area contributed by atoms with Gasteiger partial charge in [0.1, 0.15) is 11.6 Å². The molecule has 2 atom stereocenters. The van der Waals surface area contributed by atoms with Gasteiger partial charge >= 0.3 is 0 Å². The van der Waals surface area contributed by atoms with Crippen LogP contribution in [0.25, 0.3) is 0 Å². The van der Waals surface area contributed by atoms with Gasteiger partial charge in [-0.05, 0) is 68.8 Å². The maximum absolute atomic E-state index is 11.0. The molecule has 2 fully saturated rings. The zero-order valence-corrected chi connectivity index (χ0v) is 20.5. The fourth-order valence-electron chi connectivity index (χ4n) is 4.88. The van der Waals surface area contributed by atoms with Gasteiger partial charge in [0.25, 0.3) is 0 Å². The number of anilines is 2. The molecule has 0 bridgehead atoms. The first kappa shape index (κ1) is 24.0. The second kappa shape index (κ2) is 10.9. The van der Waals surface area contributed by atoms with Crippen molar-refractivity contribution in [2.24, 2.45) is 17.6 Å². The summed E-state index contributed by atoms with van der Waals surface area (Å²) >= 11 is 12.4. The Bertz CT molecular complexity index is 968. The maximum atomic E-state index is 11.0. The number of piperidine rings is 1. The molecule has 9 heteroatoms. The maximum Gasteiger partial charge on any atom is 0.217 e. The van der Waals surface area contributed by atoms with Crippen LogP contribution in [0.15, 0.2) is 30.6 Å². The van der Waals surface area contributed by atoms with Crippen LogP contribution in [0, 0.1) is 11.8 Å². The van der Waals surface area contributed by atoms with Gasteiger partial charge in [0.15, 0.2) is 0 Å². The molecular formula is C24H32Cl2N6O. The number of primary amides is 1. The largest absolute Gasteiger partial charge is 0.370 e. The summed E-state index contributed by atoms with van der Waals surface area (Å²) in [6.07, 6.45) is 7.40. The van der Waals surface area contributed by atoms with Crippen LogP contribution in [0.5, 0.6) is 0 Å². The monoisotopic (exact) mass is 490 g/mol. The zero-order valence-electron chi connectivity index (χ0n) is 19.0. The quantitative estimate of drug-likeness (QED) is 0.542. The summed E-state index contributed by atoms with van der Waals surface area (Å²) in [7, 11) is 0. The Labute approximate surface area is 205 Å². The highest BCUT2D eigenvalue weighted by Crippen LogP contribution is 2.34. The second-order valence-corrected chi connectivity index (χ2v) is 10.1. The van der Waals surface area contributed by atoms with E-state index in [1.807, 2.05) is 25.3 Å². The van der Waals surface area contributed by atoms with Gasteiger partial charge in [-0.1, -0.05) is 29.3 Å². The van der Waals surface area contributed by atoms with Crippen LogP contribution in [0.2, 0.25) is 10.0 Å². The molecule has 178 valence electrons. The smallest absolute Gasteiger partial charge is 0.217 e. The predicted molar refractivity (Wildman–Crippen MR) is 134 cm³/mol. The highest BCUT2D eigenvalue weighted by atomic mass is 35.5. The molecule has 2 aliphatic rings. The number of rotatable bonds is 9. The molecule has 3 heterocycles. The van der Waals surface area contributed by atoms with Gasteiger partial charge in [0, 0.05) is 36.1 Å². The van der Waals surface area contributed by atoms with Crippen LogP contribution in [0.4, 0.5) is 11.6 Å². The number of benzene rings is 1. The van der Waals surface area contributed by atoms with Crippen molar-refractivity contribution in [1.82, 2.24) is 14.9 Å². The van der Waals surface area contributed by atoms with Crippen molar-refractivity contribution in [3.05, 3.63) is 46.2 Å². The van der Waals surface area contributed by atoms with E-state index in [-0.39, 0.29) is 11.9 Å². The molecule has 3 N–H and O–H groups in total. The Kier molecular flexibility index (Phi) is 7.94. The van der Waals surface area contributed by atoms with Crippen LogP contribution in [-0.4, -0.2) is 53.5 Å². The van der Waals surface area contributed by atoms with Gasteiger partial charge in [-0.15, -0.1) is 0 Å². The first-order valence-corrected chi connectivity index (χ1v) is 12.4. The van der Waals surface area contributed by atoms with Crippen molar-refractivity contribution in [3.63, 3.8) is 0 Å². The average molecular weight is 491 g/mol. The van der Waals surface area contributed by atoms with E-state index in [9.17, 15) is 4.79 Å². The highest BCUT2D eigenvalue weighted by Gasteiger charge is 2.36. The van der Waals surface area contributed by atoms with Crippen LogP contribution < -0.4 is 16.0 Å². The summed E-state index contributed by atoms with van der Waals surface area (Å²) in [6.45, 7) is 7.27. The van der Waals surface area contributed by atoms with Gasteiger partial charge in [-0.25, -0.2) is 4.98 Å². The van der Waals surface area contributed by atoms with Crippen LogP contribution in [-0.2, 0) is 4.79 Å². The first-order valence-electron chi connectivity index (χ1n) is 11.7. The summed E-state index contributed by atoms with van der Waals surface area (Å²) in [6, 6.07) is 5.50. The first-order chi connectivity index (χ1) is 15.9. The second-order valence-electron chi connectivity index (χ2n) is 9.23. The molecule has 2 unspecified atom stereocenters. The molecule has 2 aromatic rings. The zero-order chi connectivity index (χ0) is 23.4. The van der Waals surface area contributed by atoms with E-state index in [2.05, 4.69) is 20.1 Å². The minimum Gasteiger partial charge on any atom is -0.370 e. The lowest BCUT2D eigenvalue weighted by Crippen LogP contribution is -2.54. The topological polar surface area (TPSA) is 87.4 Å². The van der Waals surface area contributed by atoms with E-state index in [1.165, 1.54) is 12.8 Å². The van der Waals surface area contributed by atoms with Crippen molar-refractivity contribution in [2.75, 3.05) is 42.9 Å². The van der Waals surface area contributed by atoms with Gasteiger partial charge in [0.2, 0.25) is 5.91 Å². The summed E-state index contributed by atoms with van der Waals surface area (Å²) in [5, 5.41) is 4.66. The summed E-state index contributed by atoms with van der Waals surface area (Å²) in [4.78, 5) is 25.0. The lowest BCUT2D eigenvalue weighted by atomic mass is 9.80. The third-order valence-corrected chi connectivity index (χ3v) is 7.32. The number of nitrogens with zero attached hydrogens (tertiary/aromatic N) is 4. The molecule has 33 heavy (non-hydrogen) atoms. The average Bonchev–Trinajstić information content (AvgIpc) is 2.73. The minimum absolute atomic E-state index is 0.0220. The minimum atomic E-state index is -0.207. The summed E-state index contributed by atoms with van der Waals surface area (Å²) < 4.78 is 0. The molecule has 1 amide bonds. The van der Waals surface area contributed by atoms with Crippen LogP contribution in [0.1, 0.15) is 44.2 Å². The Balaban J connectivity index is 1.29. The number of hydrogen-bond donors (Lipinski definition) is 2. The number of amides is 1. The molecule has 0 radical (unpaired) electrons. The van der Waals surface area contributed by atoms with E-state index in [0.29, 0.717) is 28.3 Å². The molecule has 0 saturated carbocycles. The highest BCUT2D eigenvalue weighted by molar-refractivity contribution is 6.35. The van der Waals surface area contributed by atoms with Crippen LogP contribution in [0.3, 0.4) is 0 Å². The Morgan fingerprint density at radius 1 is 1.24 bits per heavy atom. The van der Waals surface area contributed by atoms with E-state index in [1.54, 1.807) is 12.3 Å². The third kappa shape index (κ3) is 6.28. The lowest BCUT2D eigenvalue weighted by Gasteiger charge is -2.47. The fraction of sp³-hybridized carbons (Fsp3) is 0.542. The summed E-state index contributed by atoms with van der Waals surface area (Å²) in [5.74, 6) is 2.80. The van der Waals surface area contributed by atoms with Crippen molar-refractivity contribution >= 4 is 40.7 Å². The Morgan fingerprint density at radius 2 is 2.06 bits per heavy atom. The number of carbonyl (C=O) groups is 1. The lowest BCUT2D eigenvalue weighted by molar-refractivity contribution is -0.118. The number of carbonyl (C=O) groups excluding carboxylic acids is 1. The van der Waals surface area contributed by atoms with Gasteiger partial charge in [-0.2, -0.15) is 0 Å². The van der Waals surface area contributed by atoms with Crippen molar-refractivity contribution in [3.8, 4) is 0 Å². The molecule has 0 spiro atoms. The van der Waals surface area contributed by atoms with Crippen molar-refractivity contribution in [2.45, 2.75) is 38.6 Å². The molecule has 2 aliphatic heterocycles. The molecule has 0 aliphatic carbocycles. The molecule has 4 rings (SSSR count). The normalized spacial score (nSPS) is 20.3. The molecular weight excluding hydrogens is 459 g/mol. The number of hydrogen-bond acceptors (Lipinski definition) is 6. The SMILES string of the molecule is CC(Nc1cncc(N2CC(C3CCCN(CCCC(N)=O)C3)C2)n1)c1ccc(Cl)cc1Cl. The predicted octanol–water partition coefficient (Wildman–Crippen LogP) is 4.37. The van der Waals surface area contributed by atoms with Gasteiger partial charge in [0.05, 0.1) is 18.4 Å². The standard InChI is InChI=1S/C24H32Cl2N6O/c1-16(20-7-6-19(25)10-21(20)26)29-23-11-28-12-24(30-23)32-14-18(15-32)17-4-2-8-31(13-17)9-3-5-22(27)33/h6-7,10-12,16-18H,2-5,8-9,13-15H2,1H3,(H2,27,33)(H,29,30). The fourth-order valence-corrected chi connectivity index (χ4v) is 5.46. The Morgan fingerprint density at radius 3 is 2.82 bits per heavy atom. The van der Waals surface area contributed by atoms with E-state index in [4.69, 9.17) is 33.9 Å². The number of likely N-dealkylation sites (tertiary alicyclic amines) is 1. The van der Waals surface area contributed by atoms with Gasteiger partial charge in [-0.3, -0.25) is 9.78 Å². The third-order valence-electron chi connectivity index (χ3n) is 6.76. The van der Waals surface area contributed by atoms with E-state index >= 15 is 0 Å². The molecule has 1 aromatic heterocycles.